The number of unbranched alkanes of at least 4 members (excludes halogenated alkanes) is 1. The first kappa shape index (κ1) is 17.7. The maximum Gasteiger partial charge on any atom is 0.407 e. The molecule has 1 amide bonds. The van der Waals surface area contributed by atoms with Crippen LogP contribution in [0.25, 0.3) is 0 Å². The minimum atomic E-state index is -0.658. The highest BCUT2D eigenvalue weighted by Crippen LogP contribution is 2.26. The van der Waals surface area contributed by atoms with Crippen LogP contribution in [0.1, 0.15) is 53.4 Å². The SMILES string of the molecule is CCCCOC(=O)NC(CC(C)(C)CC)C(=O)OC. The highest BCUT2D eigenvalue weighted by atomic mass is 16.6. The zero-order valence-electron chi connectivity index (χ0n) is 12.7. The number of carbonyl (C=O) groups is 2. The van der Waals surface area contributed by atoms with Crippen LogP contribution in [0, 0.1) is 5.41 Å². The van der Waals surface area contributed by atoms with Crippen LogP contribution in [0.3, 0.4) is 0 Å². The zero-order valence-corrected chi connectivity index (χ0v) is 12.7. The number of amides is 1. The number of methoxy groups -OCH3 is 1. The fraction of sp³-hybridized carbons (Fsp3) is 0.857. The summed E-state index contributed by atoms with van der Waals surface area (Å²) in [5, 5.41) is 2.58. The quantitative estimate of drug-likeness (QED) is 0.545. The van der Waals surface area contributed by atoms with Crippen molar-refractivity contribution >= 4 is 12.1 Å². The number of carbonyl (C=O) groups excluding carboxylic acids is 2. The van der Waals surface area contributed by atoms with Crippen molar-refractivity contribution in [2.75, 3.05) is 13.7 Å². The van der Waals surface area contributed by atoms with Gasteiger partial charge in [-0.05, 0) is 18.3 Å². The molecule has 0 aromatic rings. The Labute approximate surface area is 116 Å². The normalized spacial score (nSPS) is 12.7. The lowest BCUT2D eigenvalue weighted by Gasteiger charge is -2.27. The molecule has 0 aliphatic carbocycles. The third-order valence-corrected chi connectivity index (χ3v) is 3.22. The van der Waals surface area contributed by atoms with E-state index in [1.54, 1.807) is 0 Å². The van der Waals surface area contributed by atoms with E-state index in [1.165, 1.54) is 7.11 Å². The van der Waals surface area contributed by atoms with Gasteiger partial charge >= 0.3 is 12.1 Å². The van der Waals surface area contributed by atoms with E-state index in [0.717, 1.165) is 19.3 Å². The number of nitrogens with one attached hydrogen (secondary N) is 1. The molecule has 112 valence electrons. The number of hydrogen-bond acceptors (Lipinski definition) is 4. The monoisotopic (exact) mass is 273 g/mol. The van der Waals surface area contributed by atoms with Crippen molar-refractivity contribution in [1.29, 1.82) is 0 Å². The maximum atomic E-state index is 11.7. The summed E-state index contributed by atoms with van der Waals surface area (Å²) in [5.74, 6) is -0.436. The average Bonchev–Trinajstić information content (AvgIpc) is 2.37. The van der Waals surface area contributed by atoms with E-state index in [-0.39, 0.29) is 5.41 Å². The van der Waals surface area contributed by atoms with Crippen molar-refractivity contribution in [3.63, 3.8) is 0 Å². The smallest absolute Gasteiger partial charge is 0.407 e. The summed E-state index contributed by atoms with van der Waals surface area (Å²) in [7, 11) is 1.32. The predicted octanol–water partition coefficient (Wildman–Crippen LogP) is 2.88. The fourth-order valence-electron chi connectivity index (χ4n) is 1.53. The topological polar surface area (TPSA) is 64.6 Å². The van der Waals surface area contributed by atoms with Crippen LogP contribution in [0.2, 0.25) is 0 Å². The zero-order chi connectivity index (χ0) is 14.9. The second kappa shape index (κ2) is 8.77. The summed E-state index contributed by atoms with van der Waals surface area (Å²) in [6.07, 6.45) is 2.65. The summed E-state index contributed by atoms with van der Waals surface area (Å²) in [6, 6.07) is -0.658. The summed E-state index contributed by atoms with van der Waals surface area (Å²) < 4.78 is 9.72. The molecule has 0 aliphatic heterocycles. The molecule has 19 heavy (non-hydrogen) atoms. The Kier molecular flexibility index (Phi) is 8.19. The fourth-order valence-corrected chi connectivity index (χ4v) is 1.53. The molecule has 0 aliphatic rings. The molecule has 0 aromatic heterocycles. The number of esters is 1. The molecule has 0 fully saturated rings. The number of rotatable bonds is 8. The van der Waals surface area contributed by atoms with Crippen LogP contribution < -0.4 is 5.32 Å². The van der Waals surface area contributed by atoms with Gasteiger partial charge in [0, 0.05) is 0 Å². The molecule has 0 radical (unpaired) electrons. The molecular formula is C14H27NO4. The molecule has 0 spiro atoms. The van der Waals surface area contributed by atoms with E-state index >= 15 is 0 Å². The summed E-state index contributed by atoms with van der Waals surface area (Å²) in [5.41, 5.74) is -0.0461. The number of ether oxygens (including phenoxy) is 2. The Bertz CT molecular complexity index is 289. The lowest BCUT2D eigenvalue weighted by Crippen LogP contribution is -2.44. The van der Waals surface area contributed by atoms with E-state index in [4.69, 9.17) is 9.47 Å². The van der Waals surface area contributed by atoms with E-state index in [9.17, 15) is 9.59 Å². The Balaban J connectivity index is 4.43. The standard InChI is InChI=1S/C14H27NO4/c1-6-8-9-19-13(17)15-11(12(16)18-5)10-14(3,4)7-2/h11H,6-10H2,1-5H3,(H,15,17). The third kappa shape index (κ3) is 7.70. The van der Waals surface area contributed by atoms with Crippen LogP contribution in [-0.4, -0.2) is 31.8 Å². The van der Waals surface area contributed by atoms with Gasteiger partial charge in [0.25, 0.3) is 0 Å². The second-order valence-corrected chi connectivity index (χ2v) is 5.43. The van der Waals surface area contributed by atoms with Gasteiger partial charge in [-0.2, -0.15) is 0 Å². The predicted molar refractivity (Wildman–Crippen MR) is 73.9 cm³/mol. The molecule has 1 unspecified atom stereocenters. The number of alkyl carbamates (subject to hydrolysis) is 1. The van der Waals surface area contributed by atoms with E-state index in [2.05, 4.69) is 5.32 Å². The van der Waals surface area contributed by atoms with Gasteiger partial charge in [0.15, 0.2) is 0 Å². The lowest BCUT2D eigenvalue weighted by atomic mass is 9.83. The van der Waals surface area contributed by atoms with Crippen molar-refractivity contribution < 1.29 is 19.1 Å². The molecule has 0 aromatic carbocycles. The van der Waals surface area contributed by atoms with Crippen LogP contribution in [0.15, 0.2) is 0 Å². The summed E-state index contributed by atoms with van der Waals surface area (Å²) >= 11 is 0. The van der Waals surface area contributed by atoms with Gasteiger partial charge in [-0.15, -0.1) is 0 Å². The molecule has 5 nitrogen and oxygen atoms in total. The van der Waals surface area contributed by atoms with E-state index in [0.29, 0.717) is 13.0 Å². The molecule has 1 N–H and O–H groups in total. The minimum Gasteiger partial charge on any atom is -0.467 e. The Morgan fingerprint density at radius 1 is 1.26 bits per heavy atom. The van der Waals surface area contributed by atoms with Crippen LogP contribution in [-0.2, 0) is 14.3 Å². The van der Waals surface area contributed by atoms with Crippen molar-refractivity contribution in [3.05, 3.63) is 0 Å². The van der Waals surface area contributed by atoms with Crippen molar-refractivity contribution in [3.8, 4) is 0 Å². The van der Waals surface area contributed by atoms with E-state index < -0.39 is 18.1 Å². The maximum absolute atomic E-state index is 11.7. The summed E-state index contributed by atoms with van der Waals surface area (Å²) in [4.78, 5) is 23.3. The van der Waals surface area contributed by atoms with Gasteiger partial charge in [0.05, 0.1) is 13.7 Å². The van der Waals surface area contributed by atoms with Gasteiger partial charge in [0.2, 0.25) is 0 Å². The second-order valence-electron chi connectivity index (χ2n) is 5.43. The molecule has 0 rings (SSSR count). The minimum absolute atomic E-state index is 0.0461. The highest BCUT2D eigenvalue weighted by molar-refractivity contribution is 5.81. The molecule has 0 saturated heterocycles. The van der Waals surface area contributed by atoms with Gasteiger partial charge in [-0.1, -0.05) is 40.5 Å². The molecule has 0 heterocycles. The Hall–Kier alpha value is -1.26. The van der Waals surface area contributed by atoms with Gasteiger partial charge in [-0.3, -0.25) is 0 Å². The van der Waals surface area contributed by atoms with Crippen LogP contribution >= 0.6 is 0 Å². The number of hydrogen-bond donors (Lipinski definition) is 1. The first-order valence-corrected chi connectivity index (χ1v) is 6.87. The average molecular weight is 273 g/mol. The molecule has 0 bridgehead atoms. The Morgan fingerprint density at radius 2 is 1.89 bits per heavy atom. The molecule has 5 heteroatoms. The molecule has 1 atom stereocenters. The van der Waals surface area contributed by atoms with Crippen molar-refractivity contribution in [2.24, 2.45) is 5.41 Å². The third-order valence-electron chi connectivity index (χ3n) is 3.22. The van der Waals surface area contributed by atoms with Crippen molar-refractivity contribution in [1.82, 2.24) is 5.32 Å². The van der Waals surface area contributed by atoms with E-state index in [1.807, 2.05) is 27.7 Å². The largest absolute Gasteiger partial charge is 0.467 e. The van der Waals surface area contributed by atoms with Crippen LogP contribution in [0.5, 0.6) is 0 Å². The lowest BCUT2D eigenvalue weighted by molar-refractivity contribution is -0.143. The highest BCUT2D eigenvalue weighted by Gasteiger charge is 2.29. The van der Waals surface area contributed by atoms with Crippen molar-refractivity contribution in [2.45, 2.75) is 59.4 Å². The van der Waals surface area contributed by atoms with Gasteiger partial charge in [0.1, 0.15) is 6.04 Å². The van der Waals surface area contributed by atoms with Crippen LogP contribution in [0.4, 0.5) is 4.79 Å². The molecule has 0 saturated carbocycles. The summed E-state index contributed by atoms with van der Waals surface area (Å²) in [6.45, 7) is 8.53. The first-order chi connectivity index (χ1) is 8.86. The molecular weight excluding hydrogens is 246 g/mol. The van der Waals surface area contributed by atoms with Gasteiger partial charge < -0.3 is 14.8 Å². The van der Waals surface area contributed by atoms with Gasteiger partial charge in [-0.25, -0.2) is 9.59 Å². The Morgan fingerprint density at radius 3 is 2.37 bits per heavy atom. The first-order valence-electron chi connectivity index (χ1n) is 6.87.